The number of hydrogen-bond donors (Lipinski definition) is 0. The van der Waals surface area contributed by atoms with Crippen LogP contribution in [-0.2, 0) is 14.3 Å². The number of esters is 1. The molecule has 3 aliphatic rings. The molecule has 0 aromatic rings. The van der Waals surface area contributed by atoms with Crippen LogP contribution in [0.1, 0.15) is 19.3 Å². The zero-order valence-electron chi connectivity index (χ0n) is 7.38. The number of alkyl halides is 1. The number of rotatable bonds is 1. The monoisotopic (exact) mass is 202 g/mol. The van der Waals surface area contributed by atoms with Gasteiger partial charge in [-0.05, 0) is 31.1 Å². The van der Waals surface area contributed by atoms with E-state index < -0.39 is 11.0 Å². The van der Waals surface area contributed by atoms with Gasteiger partial charge in [0.15, 0.2) is 0 Å². The summed E-state index contributed by atoms with van der Waals surface area (Å²) in [7, 11) is 1.35. The van der Waals surface area contributed by atoms with E-state index in [1.807, 2.05) is 0 Å². The van der Waals surface area contributed by atoms with Crippen LogP contribution in [-0.4, -0.2) is 23.7 Å². The molecule has 3 rings (SSSR count). The van der Waals surface area contributed by atoms with E-state index in [-0.39, 0.29) is 5.60 Å². The zero-order valence-corrected chi connectivity index (χ0v) is 8.13. The molecule has 1 aliphatic heterocycles. The molecule has 1 heterocycles. The molecule has 3 fully saturated rings. The van der Waals surface area contributed by atoms with Crippen molar-refractivity contribution in [2.75, 3.05) is 7.11 Å². The second kappa shape index (κ2) is 2.04. The van der Waals surface area contributed by atoms with Crippen LogP contribution < -0.4 is 0 Å². The summed E-state index contributed by atoms with van der Waals surface area (Å²) in [6.45, 7) is 0. The van der Waals surface area contributed by atoms with Gasteiger partial charge in [-0.2, -0.15) is 0 Å². The van der Waals surface area contributed by atoms with Crippen molar-refractivity contribution in [1.82, 2.24) is 0 Å². The predicted octanol–water partition coefficient (Wildman–Crippen LogP) is 1.29. The minimum atomic E-state index is -1.14. The Kier molecular flexibility index (Phi) is 1.26. The fourth-order valence-electron chi connectivity index (χ4n) is 2.82. The van der Waals surface area contributed by atoms with Gasteiger partial charge < -0.3 is 9.47 Å². The minimum Gasteiger partial charge on any atom is -0.466 e. The first-order valence-electron chi connectivity index (χ1n) is 4.61. The third-order valence-electron chi connectivity index (χ3n) is 3.68. The standard InChI is InChI=1S/C9H11ClO3/c1-12-7(11)9(10)8(13-9)3-2-5-4-6(5)8/h5-6H,2-4H2,1H3. The Hall–Kier alpha value is -0.280. The van der Waals surface area contributed by atoms with Crippen molar-refractivity contribution in [2.45, 2.75) is 29.9 Å². The molecule has 4 heteroatoms. The van der Waals surface area contributed by atoms with Crippen LogP contribution in [0.25, 0.3) is 0 Å². The Morgan fingerprint density at radius 3 is 2.92 bits per heavy atom. The van der Waals surface area contributed by atoms with Crippen LogP contribution in [0.5, 0.6) is 0 Å². The zero-order chi connectivity index (χ0) is 9.27. The maximum Gasteiger partial charge on any atom is 0.357 e. The summed E-state index contributed by atoms with van der Waals surface area (Å²) in [5.41, 5.74) is -0.355. The maximum absolute atomic E-state index is 11.3. The van der Waals surface area contributed by atoms with Crippen molar-refractivity contribution < 1.29 is 14.3 Å². The summed E-state index contributed by atoms with van der Waals surface area (Å²) in [5, 5.41) is -1.14. The van der Waals surface area contributed by atoms with Crippen LogP contribution in [0.4, 0.5) is 0 Å². The third-order valence-corrected chi connectivity index (χ3v) is 4.23. The quantitative estimate of drug-likeness (QED) is 0.366. The van der Waals surface area contributed by atoms with Gasteiger partial charge in [0, 0.05) is 0 Å². The summed E-state index contributed by atoms with van der Waals surface area (Å²) in [6, 6.07) is 0. The lowest BCUT2D eigenvalue weighted by Crippen LogP contribution is -2.30. The van der Waals surface area contributed by atoms with Crippen molar-refractivity contribution in [3.63, 3.8) is 0 Å². The van der Waals surface area contributed by atoms with Crippen LogP contribution in [0, 0.1) is 11.8 Å². The highest BCUT2D eigenvalue weighted by Gasteiger charge is 2.83. The normalized spacial score (nSPS) is 56.2. The fraction of sp³-hybridized carbons (Fsp3) is 0.889. The van der Waals surface area contributed by atoms with Crippen molar-refractivity contribution in [3.8, 4) is 0 Å². The Balaban J connectivity index is 1.87. The van der Waals surface area contributed by atoms with Crippen molar-refractivity contribution in [2.24, 2.45) is 11.8 Å². The predicted molar refractivity (Wildman–Crippen MR) is 45.2 cm³/mol. The molecular formula is C9H11ClO3. The molecule has 0 aromatic carbocycles. The number of epoxide rings is 1. The highest BCUT2D eigenvalue weighted by molar-refractivity contribution is 6.36. The second-order valence-corrected chi connectivity index (χ2v) is 4.75. The van der Waals surface area contributed by atoms with E-state index in [2.05, 4.69) is 4.74 Å². The first kappa shape index (κ1) is 8.06. The number of hydrogen-bond acceptors (Lipinski definition) is 3. The smallest absolute Gasteiger partial charge is 0.357 e. The van der Waals surface area contributed by atoms with E-state index in [4.69, 9.17) is 16.3 Å². The minimum absolute atomic E-state index is 0.355. The molecule has 1 spiro atoms. The van der Waals surface area contributed by atoms with Crippen LogP contribution in [0.2, 0.25) is 0 Å². The summed E-state index contributed by atoms with van der Waals surface area (Å²) in [4.78, 5) is 11.3. The van der Waals surface area contributed by atoms with Gasteiger partial charge in [0.25, 0.3) is 5.06 Å². The molecule has 0 N–H and O–H groups in total. The number of carbonyl (C=O) groups excluding carboxylic acids is 1. The maximum atomic E-state index is 11.3. The first-order valence-corrected chi connectivity index (χ1v) is 4.99. The molecule has 2 aliphatic carbocycles. The molecule has 2 saturated carbocycles. The van der Waals surface area contributed by atoms with Gasteiger partial charge in [-0.3, -0.25) is 0 Å². The molecule has 0 amide bonds. The highest BCUT2D eigenvalue weighted by atomic mass is 35.5. The summed E-state index contributed by atoms with van der Waals surface area (Å²) in [5.74, 6) is 0.844. The number of halogens is 1. The summed E-state index contributed by atoms with van der Waals surface area (Å²) in [6.07, 6.45) is 3.24. The van der Waals surface area contributed by atoms with Gasteiger partial charge in [0.2, 0.25) is 0 Å². The van der Waals surface area contributed by atoms with E-state index in [0.29, 0.717) is 5.92 Å². The van der Waals surface area contributed by atoms with Crippen molar-refractivity contribution in [1.29, 1.82) is 0 Å². The average molecular weight is 203 g/mol. The number of carbonyl (C=O) groups is 1. The molecule has 13 heavy (non-hydrogen) atoms. The van der Waals surface area contributed by atoms with Crippen molar-refractivity contribution in [3.05, 3.63) is 0 Å². The van der Waals surface area contributed by atoms with E-state index >= 15 is 0 Å². The molecule has 1 saturated heterocycles. The summed E-state index contributed by atoms with van der Waals surface area (Å²) >= 11 is 6.08. The second-order valence-electron chi connectivity index (χ2n) is 4.22. The highest BCUT2D eigenvalue weighted by Crippen LogP contribution is 2.73. The molecular weight excluding hydrogens is 192 g/mol. The van der Waals surface area contributed by atoms with Crippen LogP contribution >= 0.6 is 11.6 Å². The number of ether oxygens (including phenoxy) is 2. The SMILES string of the molecule is COC(=O)C1(Cl)OC12CCC1CC12. The van der Waals surface area contributed by atoms with Gasteiger partial charge >= 0.3 is 5.97 Å². The molecule has 72 valence electrons. The van der Waals surface area contributed by atoms with Gasteiger partial charge in [-0.25, -0.2) is 4.79 Å². The van der Waals surface area contributed by atoms with Gasteiger partial charge in [-0.1, -0.05) is 11.6 Å². The third kappa shape index (κ3) is 0.739. The number of fused-ring (bicyclic) bond motifs is 2. The Morgan fingerprint density at radius 1 is 1.69 bits per heavy atom. The lowest BCUT2D eigenvalue weighted by atomic mass is 9.99. The summed E-state index contributed by atoms with van der Waals surface area (Å²) < 4.78 is 10.1. The topological polar surface area (TPSA) is 38.8 Å². The number of methoxy groups -OCH3 is 1. The van der Waals surface area contributed by atoms with Crippen LogP contribution in [0.3, 0.4) is 0 Å². The molecule has 4 unspecified atom stereocenters. The Morgan fingerprint density at radius 2 is 2.46 bits per heavy atom. The van der Waals surface area contributed by atoms with E-state index in [9.17, 15) is 4.79 Å². The molecule has 4 atom stereocenters. The lowest BCUT2D eigenvalue weighted by molar-refractivity contribution is -0.143. The fourth-order valence-corrected chi connectivity index (χ4v) is 3.27. The van der Waals surface area contributed by atoms with Gasteiger partial charge in [-0.15, -0.1) is 0 Å². The average Bonchev–Trinajstić information content (AvgIpc) is 2.96. The van der Waals surface area contributed by atoms with E-state index in [1.165, 1.54) is 13.5 Å². The lowest BCUT2D eigenvalue weighted by Gasteiger charge is -2.08. The Labute approximate surface area is 81.3 Å². The van der Waals surface area contributed by atoms with Crippen LogP contribution in [0.15, 0.2) is 0 Å². The van der Waals surface area contributed by atoms with Gasteiger partial charge in [0.05, 0.1) is 7.11 Å². The first-order chi connectivity index (χ1) is 6.14. The largest absolute Gasteiger partial charge is 0.466 e. The Bertz CT molecular complexity index is 293. The van der Waals surface area contributed by atoms with E-state index in [1.54, 1.807) is 0 Å². The van der Waals surface area contributed by atoms with Gasteiger partial charge in [0.1, 0.15) is 5.60 Å². The molecule has 0 aromatic heterocycles. The molecule has 0 radical (unpaired) electrons. The van der Waals surface area contributed by atoms with Crippen molar-refractivity contribution >= 4 is 17.6 Å². The molecule has 0 bridgehead atoms. The molecule has 3 nitrogen and oxygen atoms in total. The van der Waals surface area contributed by atoms with E-state index in [0.717, 1.165) is 18.8 Å².